The van der Waals surface area contributed by atoms with Crippen LogP contribution in [-0.2, 0) is 0 Å². The van der Waals surface area contributed by atoms with Gasteiger partial charge in [0.05, 0.1) is 0 Å². The molecule has 0 fully saturated rings. The zero-order chi connectivity index (χ0) is 13.0. The Morgan fingerprint density at radius 3 is 2.12 bits per heavy atom. The Labute approximate surface area is 104 Å². The van der Waals surface area contributed by atoms with Crippen molar-refractivity contribution in [3.8, 4) is 0 Å². The highest BCUT2D eigenvalue weighted by atomic mass is 16.1. The summed E-state index contributed by atoms with van der Waals surface area (Å²) in [6.45, 7) is 5.97. The van der Waals surface area contributed by atoms with Crippen LogP contribution in [0.5, 0.6) is 0 Å². The zero-order valence-electron chi connectivity index (χ0n) is 11.3. The summed E-state index contributed by atoms with van der Waals surface area (Å²) in [6.07, 6.45) is 2.00. The van der Waals surface area contributed by atoms with Crippen molar-refractivity contribution in [2.75, 3.05) is 19.0 Å². The molecule has 0 bridgehead atoms. The number of rotatable bonds is 4. The molecule has 1 aromatic carbocycles. The minimum atomic E-state index is -0.0507. The van der Waals surface area contributed by atoms with Gasteiger partial charge in [-0.05, 0) is 38.1 Å². The summed E-state index contributed by atoms with van der Waals surface area (Å²) in [7, 11) is 3.98. The first-order valence-electron chi connectivity index (χ1n) is 5.88. The normalized spacial score (nSPS) is 11.8. The van der Waals surface area contributed by atoms with Gasteiger partial charge in [0.25, 0.3) is 0 Å². The summed E-state index contributed by atoms with van der Waals surface area (Å²) < 4.78 is 0. The van der Waals surface area contributed by atoms with E-state index in [2.05, 4.69) is 0 Å². The molecule has 0 saturated carbocycles. The fraction of sp³-hybridized carbons (Fsp3) is 0.400. The van der Waals surface area contributed by atoms with Crippen molar-refractivity contribution in [2.24, 2.45) is 5.92 Å². The third-order valence-corrected chi connectivity index (χ3v) is 2.67. The Hall–Kier alpha value is -1.57. The molecule has 17 heavy (non-hydrogen) atoms. The molecule has 0 spiro atoms. The molecule has 2 nitrogen and oxygen atoms in total. The van der Waals surface area contributed by atoms with Crippen molar-refractivity contribution in [3.05, 3.63) is 41.5 Å². The molecule has 0 aromatic heterocycles. The second kappa shape index (κ2) is 5.67. The Morgan fingerprint density at radius 1 is 1.18 bits per heavy atom. The largest absolute Gasteiger partial charge is 0.378 e. The van der Waals surface area contributed by atoms with E-state index >= 15 is 0 Å². The number of Topliss-reactive ketones (excluding diaryl/α,β-unsaturated/α-hetero) is 1. The van der Waals surface area contributed by atoms with E-state index in [9.17, 15) is 4.79 Å². The van der Waals surface area contributed by atoms with Gasteiger partial charge in [-0.25, -0.2) is 0 Å². The lowest BCUT2D eigenvalue weighted by Crippen LogP contribution is -2.11. The van der Waals surface area contributed by atoms with E-state index in [0.717, 1.165) is 11.3 Å². The van der Waals surface area contributed by atoms with E-state index in [1.165, 1.54) is 5.57 Å². The summed E-state index contributed by atoms with van der Waals surface area (Å²) in [4.78, 5) is 14.1. The summed E-state index contributed by atoms with van der Waals surface area (Å²) in [5, 5.41) is 0. The molecular formula is C15H21NO. The van der Waals surface area contributed by atoms with E-state index in [0.29, 0.717) is 0 Å². The van der Waals surface area contributed by atoms with Gasteiger partial charge in [0.1, 0.15) is 0 Å². The summed E-state index contributed by atoms with van der Waals surface area (Å²) in [5.74, 6) is 0.127. The van der Waals surface area contributed by atoms with Gasteiger partial charge >= 0.3 is 0 Å². The molecule has 1 atom stereocenters. The number of hydrogen-bond acceptors (Lipinski definition) is 2. The van der Waals surface area contributed by atoms with Crippen LogP contribution in [0.1, 0.15) is 31.1 Å². The van der Waals surface area contributed by atoms with Crippen LogP contribution in [0.25, 0.3) is 0 Å². The van der Waals surface area contributed by atoms with E-state index in [1.807, 2.05) is 70.1 Å². The van der Waals surface area contributed by atoms with Crippen LogP contribution in [-0.4, -0.2) is 19.9 Å². The number of ketones is 1. The molecule has 0 N–H and O–H groups in total. The number of nitrogens with zero attached hydrogens (tertiary/aromatic N) is 1. The van der Waals surface area contributed by atoms with Crippen LogP contribution in [0.15, 0.2) is 35.9 Å². The van der Waals surface area contributed by atoms with Crippen LogP contribution in [0, 0.1) is 5.92 Å². The Bertz CT molecular complexity index is 411. The highest BCUT2D eigenvalue weighted by molar-refractivity contribution is 5.99. The summed E-state index contributed by atoms with van der Waals surface area (Å²) in [6, 6.07) is 7.74. The van der Waals surface area contributed by atoms with E-state index in [-0.39, 0.29) is 11.7 Å². The van der Waals surface area contributed by atoms with Gasteiger partial charge in [-0.15, -0.1) is 0 Å². The smallest absolute Gasteiger partial charge is 0.169 e. The van der Waals surface area contributed by atoms with Crippen LogP contribution in [0.3, 0.4) is 0 Å². The van der Waals surface area contributed by atoms with Crippen LogP contribution >= 0.6 is 0 Å². The molecule has 0 aliphatic rings. The molecule has 0 amide bonds. The third-order valence-electron chi connectivity index (χ3n) is 2.67. The maximum atomic E-state index is 12.1. The van der Waals surface area contributed by atoms with Crippen LogP contribution < -0.4 is 4.90 Å². The number of carbonyl (C=O) groups excluding carboxylic acids is 1. The first-order valence-corrected chi connectivity index (χ1v) is 5.88. The predicted octanol–water partition coefficient (Wildman–Crippen LogP) is 3.54. The molecule has 92 valence electrons. The molecule has 0 saturated heterocycles. The summed E-state index contributed by atoms with van der Waals surface area (Å²) in [5.41, 5.74) is 3.06. The van der Waals surface area contributed by atoms with Gasteiger partial charge in [0, 0.05) is 31.3 Å². The number of anilines is 1. The molecule has 1 rings (SSSR count). The Morgan fingerprint density at radius 2 is 1.71 bits per heavy atom. The van der Waals surface area contributed by atoms with Gasteiger partial charge < -0.3 is 4.90 Å². The van der Waals surface area contributed by atoms with Crippen molar-refractivity contribution < 1.29 is 4.79 Å². The Kier molecular flexibility index (Phi) is 4.50. The van der Waals surface area contributed by atoms with Crippen molar-refractivity contribution in [2.45, 2.75) is 20.8 Å². The topological polar surface area (TPSA) is 20.3 Å². The van der Waals surface area contributed by atoms with Gasteiger partial charge in [-0.1, -0.05) is 18.6 Å². The molecule has 0 unspecified atom stereocenters. The fourth-order valence-electron chi connectivity index (χ4n) is 1.76. The number of allylic oxidation sites excluding steroid dienone is 2. The quantitative estimate of drug-likeness (QED) is 0.583. The number of carbonyl (C=O) groups is 1. The maximum Gasteiger partial charge on any atom is 0.169 e. The maximum absolute atomic E-state index is 12.1. The molecule has 1 aromatic rings. The molecular weight excluding hydrogens is 210 g/mol. The SMILES string of the molecule is CC(C)=C[C@@H](C)C(=O)c1ccc(N(C)C)cc1. The molecule has 0 aliphatic carbocycles. The average Bonchev–Trinajstić information content (AvgIpc) is 2.27. The summed E-state index contributed by atoms with van der Waals surface area (Å²) >= 11 is 0. The minimum Gasteiger partial charge on any atom is -0.378 e. The highest BCUT2D eigenvalue weighted by Gasteiger charge is 2.12. The first kappa shape index (κ1) is 13.5. The van der Waals surface area contributed by atoms with Crippen LogP contribution in [0.4, 0.5) is 5.69 Å². The first-order chi connectivity index (χ1) is 7.91. The van der Waals surface area contributed by atoms with Crippen LogP contribution in [0.2, 0.25) is 0 Å². The van der Waals surface area contributed by atoms with E-state index in [1.54, 1.807) is 0 Å². The molecule has 0 radical (unpaired) electrons. The van der Waals surface area contributed by atoms with E-state index in [4.69, 9.17) is 0 Å². The van der Waals surface area contributed by atoms with Crippen molar-refractivity contribution in [1.82, 2.24) is 0 Å². The van der Waals surface area contributed by atoms with Crippen molar-refractivity contribution in [1.29, 1.82) is 0 Å². The van der Waals surface area contributed by atoms with Gasteiger partial charge in [0.2, 0.25) is 0 Å². The lowest BCUT2D eigenvalue weighted by atomic mass is 9.97. The van der Waals surface area contributed by atoms with Gasteiger partial charge in [0.15, 0.2) is 5.78 Å². The Balaban J connectivity index is 2.87. The standard InChI is InChI=1S/C15H21NO/c1-11(2)10-12(3)15(17)13-6-8-14(9-7-13)16(4)5/h6-10,12H,1-5H3/t12-/m1/s1. The predicted molar refractivity (Wildman–Crippen MR) is 73.7 cm³/mol. The lowest BCUT2D eigenvalue weighted by Gasteiger charge is -2.13. The third kappa shape index (κ3) is 3.74. The molecule has 0 heterocycles. The monoisotopic (exact) mass is 231 g/mol. The lowest BCUT2D eigenvalue weighted by molar-refractivity contribution is 0.0953. The van der Waals surface area contributed by atoms with E-state index < -0.39 is 0 Å². The zero-order valence-corrected chi connectivity index (χ0v) is 11.3. The van der Waals surface area contributed by atoms with Gasteiger partial charge in [-0.2, -0.15) is 0 Å². The minimum absolute atomic E-state index is 0.0507. The average molecular weight is 231 g/mol. The second-order valence-corrected chi connectivity index (χ2v) is 4.84. The second-order valence-electron chi connectivity index (χ2n) is 4.84. The van der Waals surface area contributed by atoms with Crippen molar-refractivity contribution >= 4 is 11.5 Å². The van der Waals surface area contributed by atoms with Gasteiger partial charge in [-0.3, -0.25) is 4.79 Å². The number of benzene rings is 1. The fourth-order valence-corrected chi connectivity index (χ4v) is 1.76. The number of hydrogen-bond donors (Lipinski definition) is 0. The molecule has 2 heteroatoms. The highest BCUT2D eigenvalue weighted by Crippen LogP contribution is 2.16. The molecule has 0 aliphatic heterocycles. The van der Waals surface area contributed by atoms with Crippen molar-refractivity contribution in [3.63, 3.8) is 0 Å².